The lowest BCUT2D eigenvalue weighted by atomic mass is 9.89. The van der Waals surface area contributed by atoms with E-state index >= 15 is 0 Å². The largest absolute Gasteiger partial charge is 0.497 e. The standard InChI is InChI=1S/C14H20N2O9/c1-16-7(18)3-6(22-2)14(12(15)21)13(16)24-10-9(20)8(19)5(4-17)23-11(10)25-14/h3,5,8-11,13,17,19-20H,4H2,1-2H3,(H2,15,21)/t5-,8-,9+,10+,11+,13-,14+/m1/s1. The molecule has 2 fully saturated rings. The third kappa shape index (κ3) is 2.43. The number of ether oxygens (including phenoxy) is 4. The number of aliphatic hydroxyl groups excluding tert-OH is 3. The second-order valence-electron chi connectivity index (χ2n) is 6.04. The summed E-state index contributed by atoms with van der Waals surface area (Å²) in [6, 6.07) is 0. The molecule has 0 spiro atoms. The van der Waals surface area contributed by atoms with Crippen LogP contribution in [-0.2, 0) is 28.5 Å². The molecule has 0 bridgehead atoms. The Morgan fingerprint density at radius 1 is 1.40 bits per heavy atom. The number of likely N-dealkylation sites (N-methyl/N-ethyl adjacent to an activating group) is 1. The maximum Gasteiger partial charge on any atom is 0.262 e. The number of amides is 2. The number of methoxy groups -OCH3 is 1. The Morgan fingerprint density at radius 2 is 2.08 bits per heavy atom. The lowest BCUT2D eigenvalue weighted by Gasteiger charge is -2.54. The van der Waals surface area contributed by atoms with Crippen LogP contribution in [0.5, 0.6) is 0 Å². The number of fused-ring (bicyclic) bond motifs is 2. The predicted octanol–water partition coefficient (Wildman–Crippen LogP) is -3.61. The first kappa shape index (κ1) is 18.0. The average Bonchev–Trinajstić information content (AvgIpc) is 2.59. The van der Waals surface area contributed by atoms with Gasteiger partial charge in [-0.05, 0) is 0 Å². The van der Waals surface area contributed by atoms with Gasteiger partial charge in [-0.3, -0.25) is 9.59 Å². The first-order valence-corrected chi connectivity index (χ1v) is 7.56. The highest BCUT2D eigenvalue weighted by atomic mass is 16.8. The molecule has 3 aliphatic heterocycles. The molecule has 11 heteroatoms. The molecule has 2 saturated heterocycles. The van der Waals surface area contributed by atoms with Crippen LogP contribution in [0.25, 0.3) is 0 Å². The number of hydrogen-bond donors (Lipinski definition) is 4. The van der Waals surface area contributed by atoms with Gasteiger partial charge in [0.1, 0.15) is 30.2 Å². The molecule has 0 aliphatic carbocycles. The molecule has 0 aromatic rings. The number of rotatable bonds is 3. The van der Waals surface area contributed by atoms with Crippen molar-refractivity contribution in [2.45, 2.75) is 42.5 Å². The SMILES string of the molecule is COC1=CC(=O)N(C)[C@@H]2O[C@@H]3[C@@H](O[C@H](CO)[C@@H](O)[C@@H]3O)O[C@]12C(N)=O. The minimum atomic E-state index is -2.00. The average molecular weight is 360 g/mol. The molecular formula is C14H20N2O9. The maximum atomic E-state index is 12.2. The van der Waals surface area contributed by atoms with Crippen molar-refractivity contribution in [2.24, 2.45) is 5.73 Å². The van der Waals surface area contributed by atoms with E-state index in [1.165, 1.54) is 14.2 Å². The monoisotopic (exact) mass is 360 g/mol. The van der Waals surface area contributed by atoms with Crippen molar-refractivity contribution in [3.63, 3.8) is 0 Å². The quantitative estimate of drug-likeness (QED) is 0.398. The molecule has 7 atom stereocenters. The van der Waals surface area contributed by atoms with Crippen molar-refractivity contribution in [3.8, 4) is 0 Å². The number of carbonyl (C=O) groups is 2. The molecule has 11 nitrogen and oxygen atoms in total. The highest BCUT2D eigenvalue weighted by Crippen LogP contribution is 2.43. The van der Waals surface area contributed by atoms with Gasteiger partial charge in [0.15, 0.2) is 12.5 Å². The lowest BCUT2D eigenvalue weighted by molar-refractivity contribution is -0.393. The van der Waals surface area contributed by atoms with Gasteiger partial charge in [-0.25, -0.2) is 0 Å². The number of nitrogens with two attached hydrogens (primary N) is 1. The number of primary amides is 1. The van der Waals surface area contributed by atoms with E-state index in [9.17, 15) is 24.9 Å². The summed E-state index contributed by atoms with van der Waals surface area (Å²) in [6.07, 6.45) is -6.93. The van der Waals surface area contributed by atoms with Crippen molar-refractivity contribution in [3.05, 3.63) is 11.8 Å². The van der Waals surface area contributed by atoms with E-state index in [0.717, 1.165) is 11.0 Å². The van der Waals surface area contributed by atoms with Gasteiger partial charge in [-0.15, -0.1) is 0 Å². The topological polar surface area (TPSA) is 161 Å². The van der Waals surface area contributed by atoms with Crippen LogP contribution in [0.3, 0.4) is 0 Å². The van der Waals surface area contributed by atoms with Gasteiger partial charge in [0.25, 0.3) is 17.4 Å². The molecule has 140 valence electrons. The van der Waals surface area contributed by atoms with Crippen LogP contribution in [0.4, 0.5) is 0 Å². The predicted molar refractivity (Wildman–Crippen MR) is 77.3 cm³/mol. The minimum absolute atomic E-state index is 0.170. The van der Waals surface area contributed by atoms with E-state index in [2.05, 4.69) is 0 Å². The molecule has 0 saturated carbocycles. The van der Waals surface area contributed by atoms with Gasteiger partial charge >= 0.3 is 0 Å². The van der Waals surface area contributed by atoms with Crippen LogP contribution in [-0.4, -0.2) is 95.3 Å². The summed E-state index contributed by atoms with van der Waals surface area (Å²) in [5.41, 5.74) is 3.52. The third-order valence-electron chi connectivity index (χ3n) is 4.67. The van der Waals surface area contributed by atoms with Crippen molar-refractivity contribution in [1.82, 2.24) is 4.90 Å². The Kier molecular flexibility index (Phi) is 4.47. The van der Waals surface area contributed by atoms with Crippen molar-refractivity contribution in [2.75, 3.05) is 20.8 Å². The second-order valence-corrected chi connectivity index (χ2v) is 6.04. The zero-order valence-electron chi connectivity index (χ0n) is 13.6. The molecule has 0 aromatic heterocycles. The number of hydrogen-bond acceptors (Lipinski definition) is 9. The normalized spacial score (nSPS) is 43.8. The van der Waals surface area contributed by atoms with E-state index in [-0.39, 0.29) is 5.76 Å². The highest BCUT2D eigenvalue weighted by Gasteiger charge is 2.65. The van der Waals surface area contributed by atoms with E-state index in [1.54, 1.807) is 0 Å². The van der Waals surface area contributed by atoms with Crippen LogP contribution in [0, 0.1) is 0 Å². The fourth-order valence-electron chi connectivity index (χ4n) is 3.27. The zero-order chi connectivity index (χ0) is 18.5. The van der Waals surface area contributed by atoms with Crippen molar-refractivity contribution < 1.29 is 43.9 Å². The molecule has 0 unspecified atom stereocenters. The lowest BCUT2D eigenvalue weighted by Crippen LogP contribution is -2.75. The summed E-state index contributed by atoms with van der Waals surface area (Å²) in [7, 11) is 2.60. The van der Waals surface area contributed by atoms with Gasteiger partial charge in [0.05, 0.1) is 13.7 Å². The Balaban J connectivity index is 2.05. The van der Waals surface area contributed by atoms with Crippen molar-refractivity contribution >= 4 is 11.8 Å². The summed E-state index contributed by atoms with van der Waals surface area (Å²) in [5, 5.41) is 29.5. The minimum Gasteiger partial charge on any atom is -0.497 e. The maximum absolute atomic E-state index is 12.2. The Morgan fingerprint density at radius 3 is 2.64 bits per heavy atom. The van der Waals surface area contributed by atoms with Gasteiger partial charge in [-0.2, -0.15) is 0 Å². The summed E-state index contributed by atoms with van der Waals surface area (Å²) in [5.74, 6) is -1.69. The van der Waals surface area contributed by atoms with Crippen LogP contribution in [0.2, 0.25) is 0 Å². The van der Waals surface area contributed by atoms with E-state index in [1.807, 2.05) is 0 Å². The van der Waals surface area contributed by atoms with Crippen LogP contribution in [0.15, 0.2) is 11.8 Å². The highest BCUT2D eigenvalue weighted by molar-refractivity contribution is 5.96. The van der Waals surface area contributed by atoms with E-state index < -0.39 is 61.0 Å². The van der Waals surface area contributed by atoms with Gasteiger partial charge in [0.2, 0.25) is 0 Å². The Hall–Kier alpha value is -1.76. The van der Waals surface area contributed by atoms with E-state index in [4.69, 9.17) is 24.7 Å². The molecule has 0 aromatic carbocycles. The third-order valence-corrected chi connectivity index (χ3v) is 4.67. The number of aliphatic hydroxyl groups is 3. The van der Waals surface area contributed by atoms with Crippen molar-refractivity contribution in [1.29, 1.82) is 0 Å². The Bertz CT molecular complexity index is 611. The first-order valence-electron chi connectivity index (χ1n) is 7.56. The molecule has 2 amide bonds. The summed E-state index contributed by atoms with van der Waals surface area (Å²) >= 11 is 0. The Labute approximate surface area is 142 Å². The molecule has 3 aliphatic rings. The fraction of sp³-hybridized carbons (Fsp3) is 0.714. The van der Waals surface area contributed by atoms with E-state index in [0.29, 0.717) is 0 Å². The molecule has 5 N–H and O–H groups in total. The van der Waals surface area contributed by atoms with Gasteiger partial charge in [0, 0.05) is 13.1 Å². The molecular weight excluding hydrogens is 340 g/mol. The first-order chi connectivity index (χ1) is 11.8. The number of nitrogens with zero attached hydrogens (tertiary/aromatic N) is 1. The molecule has 3 heterocycles. The number of carbonyl (C=O) groups excluding carboxylic acids is 2. The van der Waals surface area contributed by atoms with Crippen LogP contribution in [0.1, 0.15) is 0 Å². The fourth-order valence-corrected chi connectivity index (χ4v) is 3.27. The smallest absolute Gasteiger partial charge is 0.262 e. The van der Waals surface area contributed by atoms with Crippen LogP contribution >= 0.6 is 0 Å². The summed E-state index contributed by atoms with van der Waals surface area (Å²) in [6.45, 7) is -0.594. The molecule has 25 heavy (non-hydrogen) atoms. The zero-order valence-corrected chi connectivity index (χ0v) is 13.6. The molecule has 0 radical (unpaired) electrons. The van der Waals surface area contributed by atoms with Gasteiger partial charge in [-0.1, -0.05) is 0 Å². The molecule has 3 rings (SSSR count). The van der Waals surface area contributed by atoms with Gasteiger partial charge < -0.3 is 44.9 Å². The second kappa shape index (κ2) is 6.20. The van der Waals surface area contributed by atoms with Crippen LogP contribution < -0.4 is 5.73 Å². The summed E-state index contributed by atoms with van der Waals surface area (Å²) in [4.78, 5) is 25.4. The summed E-state index contributed by atoms with van der Waals surface area (Å²) < 4.78 is 21.9.